The average Bonchev–Trinajstić information content (AvgIpc) is 3.18. The lowest BCUT2D eigenvalue weighted by atomic mass is 10.1. The number of rotatable bonds is 3. The SMILES string of the molecule is COC(=O)c1c(OC)ccc2nc(N3CCC(C#N)C3)sc12. The van der Waals surface area contributed by atoms with Gasteiger partial charge in [0.2, 0.25) is 0 Å². The Hall–Kier alpha value is -2.33. The van der Waals surface area contributed by atoms with E-state index < -0.39 is 5.97 Å². The van der Waals surface area contributed by atoms with Crippen molar-refractivity contribution in [2.24, 2.45) is 5.92 Å². The molecule has 1 aliphatic rings. The lowest BCUT2D eigenvalue weighted by molar-refractivity contribution is 0.0599. The van der Waals surface area contributed by atoms with Crippen molar-refractivity contribution in [2.75, 3.05) is 32.2 Å². The molecular weight excluding hydrogens is 302 g/mol. The summed E-state index contributed by atoms with van der Waals surface area (Å²) < 4.78 is 10.9. The number of methoxy groups -OCH3 is 2. The summed E-state index contributed by atoms with van der Waals surface area (Å²) in [6.07, 6.45) is 0.847. The average molecular weight is 317 g/mol. The molecule has 0 aliphatic carbocycles. The van der Waals surface area contributed by atoms with Gasteiger partial charge in [0.25, 0.3) is 0 Å². The molecule has 1 atom stereocenters. The zero-order chi connectivity index (χ0) is 15.7. The maximum atomic E-state index is 12.1. The van der Waals surface area contributed by atoms with Gasteiger partial charge >= 0.3 is 5.97 Å². The van der Waals surface area contributed by atoms with Crippen molar-refractivity contribution in [2.45, 2.75) is 6.42 Å². The van der Waals surface area contributed by atoms with Crippen LogP contribution in [0.5, 0.6) is 5.75 Å². The summed E-state index contributed by atoms with van der Waals surface area (Å²) in [5.74, 6) is 0.0847. The fourth-order valence-electron chi connectivity index (χ4n) is 2.60. The second kappa shape index (κ2) is 5.81. The fourth-order valence-corrected chi connectivity index (χ4v) is 3.73. The van der Waals surface area contributed by atoms with E-state index in [0.717, 1.165) is 28.3 Å². The van der Waals surface area contributed by atoms with Crippen LogP contribution >= 0.6 is 11.3 Å². The Balaban J connectivity index is 2.06. The first kappa shape index (κ1) is 14.6. The molecule has 0 bridgehead atoms. The van der Waals surface area contributed by atoms with Gasteiger partial charge in [-0.25, -0.2) is 9.78 Å². The molecule has 3 rings (SSSR count). The van der Waals surface area contributed by atoms with Gasteiger partial charge in [-0.15, -0.1) is 0 Å². The van der Waals surface area contributed by atoms with Crippen molar-refractivity contribution in [1.82, 2.24) is 4.98 Å². The van der Waals surface area contributed by atoms with Gasteiger partial charge in [-0.2, -0.15) is 5.26 Å². The van der Waals surface area contributed by atoms with E-state index >= 15 is 0 Å². The van der Waals surface area contributed by atoms with Gasteiger partial charge in [-0.05, 0) is 18.6 Å². The van der Waals surface area contributed by atoms with E-state index in [-0.39, 0.29) is 5.92 Å². The van der Waals surface area contributed by atoms with Crippen LogP contribution in [0.25, 0.3) is 10.2 Å². The highest BCUT2D eigenvalue weighted by atomic mass is 32.1. The zero-order valence-electron chi connectivity index (χ0n) is 12.3. The normalized spacial score (nSPS) is 17.5. The fraction of sp³-hybridized carbons (Fsp3) is 0.400. The molecule has 1 fully saturated rings. The van der Waals surface area contributed by atoms with Crippen LogP contribution in [0.3, 0.4) is 0 Å². The quantitative estimate of drug-likeness (QED) is 0.809. The predicted octanol–water partition coefficient (Wildman–Crippen LogP) is 2.44. The van der Waals surface area contributed by atoms with E-state index in [1.165, 1.54) is 25.6 Å². The van der Waals surface area contributed by atoms with Crippen molar-refractivity contribution in [3.63, 3.8) is 0 Å². The topological polar surface area (TPSA) is 75.5 Å². The van der Waals surface area contributed by atoms with Gasteiger partial charge in [-0.3, -0.25) is 0 Å². The van der Waals surface area contributed by atoms with E-state index in [1.54, 1.807) is 6.07 Å². The van der Waals surface area contributed by atoms with Crippen molar-refractivity contribution in [1.29, 1.82) is 5.26 Å². The standard InChI is InChI=1S/C15H15N3O3S/c1-20-11-4-3-10-13(12(11)14(19)21-2)22-15(17-10)18-6-5-9(7-16)8-18/h3-4,9H,5-6,8H2,1-2H3. The summed E-state index contributed by atoms with van der Waals surface area (Å²) in [5, 5.41) is 9.84. The third-order valence-corrected chi connectivity index (χ3v) is 4.91. The number of esters is 1. The van der Waals surface area contributed by atoms with Crippen molar-refractivity contribution < 1.29 is 14.3 Å². The van der Waals surface area contributed by atoms with E-state index in [9.17, 15) is 4.79 Å². The molecule has 22 heavy (non-hydrogen) atoms. The molecule has 0 spiro atoms. The molecule has 7 heteroatoms. The Morgan fingerprint density at radius 3 is 2.95 bits per heavy atom. The summed E-state index contributed by atoms with van der Waals surface area (Å²) in [5.41, 5.74) is 1.14. The third-order valence-electron chi connectivity index (χ3n) is 3.76. The lowest BCUT2D eigenvalue weighted by Crippen LogP contribution is -2.18. The van der Waals surface area contributed by atoms with E-state index in [0.29, 0.717) is 17.9 Å². The molecule has 1 aromatic heterocycles. The summed E-state index contributed by atoms with van der Waals surface area (Å²) >= 11 is 1.43. The molecule has 114 valence electrons. The highest BCUT2D eigenvalue weighted by Crippen LogP contribution is 2.37. The van der Waals surface area contributed by atoms with E-state index in [2.05, 4.69) is 16.0 Å². The van der Waals surface area contributed by atoms with Crippen LogP contribution in [0, 0.1) is 17.2 Å². The van der Waals surface area contributed by atoms with Crippen molar-refractivity contribution in [3.05, 3.63) is 17.7 Å². The number of carbonyl (C=O) groups is 1. The van der Waals surface area contributed by atoms with Crippen LogP contribution in [0.2, 0.25) is 0 Å². The molecule has 0 saturated carbocycles. The first-order valence-corrected chi connectivity index (χ1v) is 7.70. The maximum absolute atomic E-state index is 12.1. The van der Waals surface area contributed by atoms with Crippen LogP contribution in [-0.2, 0) is 4.74 Å². The van der Waals surface area contributed by atoms with Crippen molar-refractivity contribution >= 4 is 32.7 Å². The van der Waals surface area contributed by atoms with E-state index in [1.807, 2.05) is 6.07 Å². The molecule has 1 aliphatic heterocycles. The number of anilines is 1. The number of thiazole rings is 1. The summed E-state index contributed by atoms with van der Waals surface area (Å²) in [4.78, 5) is 18.7. The van der Waals surface area contributed by atoms with Crippen molar-refractivity contribution in [3.8, 4) is 11.8 Å². The molecular formula is C15H15N3O3S. The molecule has 6 nitrogen and oxygen atoms in total. The number of hydrogen-bond donors (Lipinski definition) is 0. The Morgan fingerprint density at radius 2 is 2.32 bits per heavy atom. The number of ether oxygens (including phenoxy) is 2. The number of nitrogens with zero attached hydrogens (tertiary/aromatic N) is 3. The highest BCUT2D eigenvalue weighted by molar-refractivity contribution is 7.22. The molecule has 0 radical (unpaired) electrons. The van der Waals surface area contributed by atoms with E-state index in [4.69, 9.17) is 14.7 Å². The Bertz CT molecular complexity index is 765. The lowest BCUT2D eigenvalue weighted by Gasteiger charge is -2.12. The zero-order valence-corrected chi connectivity index (χ0v) is 13.1. The molecule has 0 amide bonds. The van der Waals surface area contributed by atoms with Gasteiger partial charge in [0.1, 0.15) is 11.3 Å². The Labute approximate surface area is 131 Å². The van der Waals surface area contributed by atoms with Crippen LogP contribution in [0.1, 0.15) is 16.8 Å². The number of fused-ring (bicyclic) bond motifs is 1. The first-order chi connectivity index (χ1) is 10.7. The summed E-state index contributed by atoms with van der Waals surface area (Å²) in [6.45, 7) is 1.49. The smallest absolute Gasteiger partial charge is 0.343 e. The monoisotopic (exact) mass is 317 g/mol. The Kier molecular flexibility index (Phi) is 3.86. The number of carbonyl (C=O) groups excluding carboxylic acids is 1. The Morgan fingerprint density at radius 1 is 1.50 bits per heavy atom. The third kappa shape index (κ3) is 2.35. The van der Waals surface area contributed by atoms with Gasteiger partial charge in [0.15, 0.2) is 5.13 Å². The van der Waals surface area contributed by atoms with Gasteiger partial charge in [-0.1, -0.05) is 11.3 Å². The number of aromatic nitrogens is 1. The van der Waals surface area contributed by atoms with Crippen LogP contribution in [0.15, 0.2) is 12.1 Å². The number of nitriles is 1. The molecule has 0 N–H and O–H groups in total. The number of benzene rings is 1. The predicted molar refractivity (Wildman–Crippen MR) is 83.4 cm³/mol. The van der Waals surface area contributed by atoms with Gasteiger partial charge < -0.3 is 14.4 Å². The molecule has 2 heterocycles. The van der Waals surface area contributed by atoms with Crippen LogP contribution in [-0.4, -0.2) is 38.3 Å². The van der Waals surface area contributed by atoms with Gasteiger partial charge in [0, 0.05) is 13.1 Å². The maximum Gasteiger partial charge on any atom is 0.343 e. The second-order valence-corrected chi connectivity index (χ2v) is 6.02. The minimum absolute atomic E-state index is 0.0432. The van der Waals surface area contributed by atoms with Crippen LogP contribution < -0.4 is 9.64 Å². The minimum Gasteiger partial charge on any atom is -0.496 e. The van der Waals surface area contributed by atoms with Crippen LogP contribution in [0.4, 0.5) is 5.13 Å². The summed E-state index contributed by atoms with van der Waals surface area (Å²) in [6, 6.07) is 5.85. The largest absolute Gasteiger partial charge is 0.496 e. The molecule has 1 saturated heterocycles. The molecule has 1 unspecified atom stereocenters. The number of hydrogen-bond acceptors (Lipinski definition) is 7. The minimum atomic E-state index is -0.436. The van der Waals surface area contributed by atoms with Gasteiger partial charge in [0.05, 0.1) is 36.4 Å². The first-order valence-electron chi connectivity index (χ1n) is 6.88. The highest BCUT2D eigenvalue weighted by Gasteiger charge is 2.26. The molecule has 2 aromatic rings. The molecule has 1 aromatic carbocycles. The summed E-state index contributed by atoms with van der Waals surface area (Å²) in [7, 11) is 2.87. The second-order valence-electron chi connectivity index (χ2n) is 5.04.